The Morgan fingerprint density at radius 3 is 3.00 bits per heavy atom. The SMILES string of the molecule is CCOCCCN=C(NN)N1CCCN2CCCC2C1. The Hall–Kier alpha value is -0.850. The second-order valence-electron chi connectivity index (χ2n) is 5.53. The molecule has 2 heterocycles. The number of aliphatic imine (C=N–C) groups is 1. The summed E-state index contributed by atoms with van der Waals surface area (Å²) in [7, 11) is 0. The molecule has 0 aromatic rings. The number of fused-ring (bicyclic) bond motifs is 1. The number of hydrogen-bond acceptors (Lipinski definition) is 4. The molecular weight excluding hydrogens is 254 g/mol. The molecule has 116 valence electrons. The number of hydrogen-bond donors (Lipinski definition) is 2. The standard InChI is InChI=1S/C14H29N5O/c1-2-20-11-4-7-16-14(17-15)19-10-5-9-18-8-3-6-13(18)12-19/h13H,2-12,15H2,1H3,(H,16,17). The molecule has 2 rings (SSSR count). The third kappa shape index (κ3) is 4.33. The fraction of sp³-hybridized carbons (Fsp3) is 0.929. The molecule has 0 spiro atoms. The second-order valence-corrected chi connectivity index (χ2v) is 5.53. The van der Waals surface area contributed by atoms with Crippen LogP contribution in [0, 0.1) is 0 Å². The van der Waals surface area contributed by atoms with Crippen LogP contribution < -0.4 is 11.3 Å². The number of rotatable bonds is 5. The second kappa shape index (κ2) is 8.44. The van der Waals surface area contributed by atoms with Gasteiger partial charge in [-0.3, -0.25) is 15.3 Å². The maximum atomic E-state index is 5.67. The third-order valence-corrected chi connectivity index (χ3v) is 4.14. The van der Waals surface area contributed by atoms with E-state index in [2.05, 4.69) is 20.2 Å². The van der Waals surface area contributed by atoms with Crippen LogP contribution in [0.2, 0.25) is 0 Å². The minimum atomic E-state index is 0.680. The van der Waals surface area contributed by atoms with Crippen LogP contribution in [0.1, 0.15) is 32.6 Å². The van der Waals surface area contributed by atoms with E-state index in [-0.39, 0.29) is 0 Å². The number of nitrogens with one attached hydrogen (secondary N) is 1. The van der Waals surface area contributed by atoms with E-state index in [0.717, 1.165) is 45.2 Å². The van der Waals surface area contributed by atoms with Crippen LogP contribution in [0.25, 0.3) is 0 Å². The van der Waals surface area contributed by atoms with Gasteiger partial charge >= 0.3 is 0 Å². The molecule has 1 unspecified atom stereocenters. The lowest BCUT2D eigenvalue weighted by molar-refractivity contribution is 0.146. The highest BCUT2D eigenvalue weighted by atomic mass is 16.5. The Balaban J connectivity index is 1.84. The molecule has 0 bridgehead atoms. The van der Waals surface area contributed by atoms with E-state index in [1.165, 1.54) is 32.4 Å². The molecule has 2 aliphatic rings. The van der Waals surface area contributed by atoms with E-state index in [1.807, 2.05) is 6.92 Å². The first-order valence-corrected chi connectivity index (χ1v) is 7.93. The first kappa shape index (κ1) is 15.5. The molecule has 2 aliphatic heterocycles. The maximum absolute atomic E-state index is 5.67. The number of nitrogens with two attached hydrogens (primary N) is 1. The van der Waals surface area contributed by atoms with Gasteiger partial charge in [0.15, 0.2) is 0 Å². The highest BCUT2D eigenvalue weighted by molar-refractivity contribution is 5.79. The van der Waals surface area contributed by atoms with Gasteiger partial charge in [-0.15, -0.1) is 0 Å². The zero-order valence-electron chi connectivity index (χ0n) is 12.7. The molecule has 0 amide bonds. The van der Waals surface area contributed by atoms with Crippen LogP contribution in [0.15, 0.2) is 4.99 Å². The minimum absolute atomic E-state index is 0.680. The first-order chi connectivity index (χ1) is 9.85. The molecule has 6 heteroatoms. The summed E-state index contributed by atoms with van der Waals surface area (Å²) in [6.45, 7) is 8.89. The molecule has 0 radical (unpaired) electrons. The summed E-state index contributed by atoms with van der Waals surface area (Å²) in [6.07, 6.45) is 4.77. The van der Waals surface area contributed by atoms with Crippen molar-refractivity contribution in [2.45, 2.75) is 38.6 Å². The molecule has 0 aromatic carbocycles. The van der Waals surface area contributed by atoms with E-state index in [9.17, 15) is 0 Å². The number of hydrazine groups is 1. The van der Waals surface area contributed by atoms with E-state index >= 15 is 0 Å². The molecule has 3 N–H and O–H groups in total. The van der Waals surface area contributed by atoms with Gasteiger partial charge in [0.2, 0.25) is 5.96 Å². The molecule has 20 heavy (non-hydrogen) atoms. The third-order valence-electron chi connectivity index (χ3n) is 4.14. The van der Waals surface area contributed by atoms with Crippen LogP contribution in [-0.2, 0) is 4.74 Å². The smallest absolute Gasteiger partial charge is 0.208 e. The molecule has 0 saturated carbocycles. The lowest BCUT2D eigenvalue weighted by atomic mass is 10.2. The van der Waals surface area contributed by atoms with Gasteiger partial charge in [0.1, 0.15) is 0 Å². The molecular formula is C14H29N5O. The summed E-state index contributed by atoms with van der Waals surface area (Å²) < 4.78 is 5.33. The quantitative estimate of drug-likeness (QED) is 0.251. The topological polar surface area (TPSA) is 66.1 Å². The summed E-state index contributed by atoms with van der Waals surface area (Å²) in [5.41, 5.74) is 2.79. The van der Waals surface area contributed by atoms with E-state index in [1.54, 1.807) is 0 Å². The zero-order valence-corrected chi connectivity index (χ0v) is 12.7. The van der Waals surface area contributed by atoms with Crippen LogP contribution in [0.5, 0.6) is 0 Å². The minimum Gasteiger partial charge on any atom is -0.382 e. The van der Waals surface area contributed by atoms with Crippen molar-refractivity contribution in [1.82, 2.24) is 15.2 Å². The zero-order chi connectivity index (χ0) is 14.2. The number of guanidine groups is 1. The monoisotopic (exact) mass is 283 g/mol. The van der Waals surface area contributed by atoms with Gasteiger partial charge in [-0.1, -0.05) is 0 Å². The van der Waals surface area contributed by atoms with Crippen LogP contribution in [0.4, 0.5) is 0 Å². The average molecular weight is 283 g/mol. The molecule has 0 aromatic heterocycles. The molecule has 0 aliphatic carbocycles. The fourth-order valence-corrected chi connectivity index (χ4v) is 3.13. The Morgan fingerprint density at radius 2 is 2.20 bits per heavy atom. The van der Waals surface area contributed by atoms with Gasteiger partial charge in [-0.05, 0) is 39.2 Å². The summed E-state index contributed by atoms with van der Waals surface area (Å²) in [5, 5.41) is 0. The largest absolute Gasteiger partial charge is 0.382 e. The van der Waals surface area contributed by atoms with Gasteiger partial charge in [-0.2, -0.15) is 0 Å². The normalized spacial score (nSPS) is 24.6. The number of nitrogens with zero attached hydrogens (tertiary/aromatic N) is 3. The average Bonchev–Trinajstić information content (AvgIpc) is 2.80. The van der Waals surface area contributed by atoms with Crippen molar-refractivity contribution in [3.05, 3.63) is 0 Å². The van der Waals surface area contributed by atoms with Gasteiger partial charge < -0.3 is 9.64 Å². The van der Waals surface area contributed by atoms with Crippen molar-refractivity contribution in [1.29, 1.82) is 0 Å². The predicted octanol–water partition coefficient (Wildman–Crippen LogP) is 0.402. The summed E-state index contributed by atoms with van der Waals surface area (Å²) >= 11 is 0. The van der Waals surface area contributed by atoms with Crippen molar-refractivity contribution >= 4 is 5.96 Å². The van der Waals surface area contributed by atoms with Gasteiger partial charge in [-0.25, -0.2) is 5.84 Å². The van der Waals surface area contributed by atoms with E-state index < -0.39 is 0 Å². The fourth-order valence-electron chi connectivity index (χ4n) is 3.13. The van der Waals surface area contributed by atoms with Crippen LogP contribution in [-0.4, -0.2) is 67.7 Å². The maximum Gasteiger partial charge on any atom is 0.208 e. The van der Waals surface area contributed by atoms with Crippen LogP contribution >= 0.6 is 0 Å². The molecule has 6 nitrogen and oxygen atoms in total. The van der Waals surface area contributed by atoms with Crippen molar-refractivity contribution in [2.75, 3.05) is 45.9 Å². The van der Waals surface area contributed by atoms with Crippen molar-refractivity contribution in [3.8, 4) is 0 Å². The van der Waals surface area contributed by atoms with Gasteiger partial charge in [0.05, 0.1) is 0 Å². The Labute approximate surface area is 122 Å². The summed E-state index contributed by atoms with van der Waals surface area (Å²) in [6, 6.07) is 0.680. The highest BCUT2D eigenvalue weighted by Crippen LogP contribution is 2.21. The number of ether oxygens (including phenoxy) is 1. The summed E-state index contributed by atoms with van der Waals surface area (Å²) in [5.74, 6) is 6.51. The van der Waals surface area contributed by atoms with Crippen LogP contribution in [0.3, 0.4) is 0 Å². The Morgan fingerprint density at radius 1 is 1.35 bits per heavy atom. The van der Waals surface area contributed by atoms with E-state index in [0.29, 0.717) is 6.04 Å². The molecule has 2 fully saturated rings. The molecule has 1 atom stereocenters. The van der Waals surface area contributed by atoms with Gasteiger partial charge in [0.25, 0.3) is 0 Å². The lowest BCUT2D eigenvalue weighted by Gasteiger charge is -2.27. The first-order valence-electron chi connectivity index (χ1n) is 7.93. The Bertz CT molecular complexity index is 310. The van der Waals surface area contributed by atoms with Crippen molar-refractivity contribution in [2.24, 2.45) is 10.8 Å². The van der Waals surface area contributed by atoms with Gasteiger partial charge in [0, 0.05) is 45.4 Å². The van der Waals surface area contributed by atoms with Crippen molar-refractivity contribution in [3.63, 3.8) is 0 Å². The predicted molar refractivity (Wildman–Crippen MR) is 81.5 cm³/mol. The molecule has 2 saturated heterocycles. The van der Waals surface area contributed by atoms with Crippen molar-refractivity contribution < 1.29 is 4.74 Å². The highest BCUT2D eigenvalue weighted by Gasteiger charge is 2.29. The Kier molecular flexibility index (Phi) is 6.56. The lowest BCUT2D eigenvalue weighted by Crippen LogP contribution is -2.48. The summed E-state index contributed by atoms with van der Waals surface area (Å²) in [4.78, 5) is 9.53. The van der Waals surface area contributed by atoms with E-state index in [4.69, 9.17) is 10.6 Å².